The SMILES string of the molecule is CC/C=C(\C=C/CN1C2=C(C=C3[C@@H](C2)C(C)(C)CCC3(C)C)B2c3oc4c(c3N(C3=CCC(C(C)(C)C)=CC(C(C)(C)C)=C3)c3cc(C)cc1c32)C=CCC4)c1ccccc1C. The van der Waals surface area contributed by atoms with Gasteiger partial charge in [0.1, 0.15) is 5.76 Å². The van der Waals surface area contributed by atoms with Crippen molar-refractivity contribution < 1.29 is 4.42 Å². The molecule has 1 fully saturated rings. The summed E-state index contributed by atoms with van der Waals surface area (Å²) in [6.07, 6.45) is 29.5. The topological polar surface area (TPSA) is 19.6 Å². The highest BCUT2D eigenvalue weighted by molar-refractivity contribution is 6.95. The lowest BCUT2D eigenvalue weighted by Gasteiger charge is -2.53. The molecular weight excluding hydrogens is 751 g/mol. The molecule has 0 spiro atoms. The molecule has 3 aromatic rings. The van der Waals surface area contributed by atoms with Gasteiger partial charge in [0.25, 0.3) is 6.71 Å². The minimum absolute atomic E-state index is 0.0126. The van der Waals surface area contributed by atoms with Crippen LogP contribution in [-0.4, -0.2) is 13.3 Å². The van der Waals surface area contributed by atoms with Gasteiger partial charge in [-0.2, -0.15) is 0 Å². The van der Waals surface area contributed by atoms with Crippen LogP contribution in [0.5, 0.6) is 0 Å². The third-order valence-corrected chi connectivity index (χ3v) is 15.3. The monoisotopic (exact) mass is 823 g/mol. The predicted octanol–water partition coefficient (Wildman–Crippen LogP) is 14.6. The molecule has 0 amide bonds. The predicted molar refractivity (Wildman–Crippen MR) is 268 cm³/mol. The Morgan fingerprint density at radius 3 is 2.42 bits per heavy atom. The van der Waals surface area contributed by atoms with Crippen LogP contribution >= 0.6 is 0 Å². The lowest BCUT2D eigenvalue weighted by atomic mass is 9.33. The Balaban J connectivity index is 1.30. The molecule has 62 heavy (non-hydrogen) atoms. The second kappa shape index (κ2) is 15.2. The van der Waals surface area contributed by atoms with E-state index in [0.29, 0.717) is 5.92 Å². The molecule has 2 aromatic carbocycles. The van der Waals surface area contributed by atoms with E-state index in [4.69, 9.17) is 4.42 Å². The van der Waals surface area contributed by atoms with Crippen LogP contribution in [0.1, 0.15) is 143 Å². The van der Waals surface area contributed by atoms with E-state index in [9.17, 15) is 0 Å². The van der Waals surface area contributed by atoms with Crippen molar-refractivity contribution in [3.05, 3.63) is 147 Å². The van der Waals surface area contributed by atoms with E-state index in [1.807, 2.05) is 0 Å². The van der Waals surface area contributed by atoms with Crippen LogP contribution in [0.3, 0.4) is 0 Å². The highest BCUT2D eigenvalue weighted by atomic mass is 16.3. The molecule has 6 aliphatic rings. The number of rotatable bonds is 6. The van der Waals surface area contributed by atoms with Gasteiger partial charge in [0, 0.05) is 41.3 Å². The van der Waals surface area contributed by atoms with Crippen molar-refractivity contribution in [2.45, 2.75) is 135 Å². The molecule has 3 heterocycles. The minimum Gasteiger partial charge on any atom is -0.472 e. The summed E-state index contributed by atoms with van der Waals surface area (Å²) in [6, 6.07) is 13.8. The molecule has 0 N–H and O–H groups in total. The van der Waals surface area contributed by atoms with Gasteiger partial charge in [0.2, 0.25) is 0 Å². The Morgan fingerprint density at radius 1 is 0.935 bits per heavy atom. The molecule has 1 atom stereocenters. The summed E-state index contributed by atoms with van der Waals surface area (Å²) < 4.78 is 7.39. The molecule has 322 valence electrons. The standard InChI is InChI=1S/C58H71BN2O/c1-14-20-39(43-23-16-15-21-38(43)3)22-19-30-60-48-36-46-45(57(10,11)28-29-58(46,12)13)35-47(48)59-52-49(60)31-37(2)32-50(52)61(53-44-24-17-18-25-51(44)62-54(53)59)42-27-26-40(55(4,5)6)33-41(34-42)56(7,8)9/h15-17,19-24,27,31-35,46H,14,18,25-26,28-30,36H2,1-13H3/b22-19-,39-20+/t46-/m1/s1. The highest BCUT2D eigenvalue weighted by Gasteiger charge is 2.52. The molecule has 2 aliphatic heterocycles. The fraction of sp³-hybridized carbons (Fsp3) is 0.448. The third-order valence-electron chi connectivity index (χ3n) is 15.3. The lowest BCUT2D eigenvalue weighted by molar-refractivity contribution is 0.120. The zero-order valence-corrected chi connectivity index (χ0v) is 40.3. The van der Waals surface area contributed by atoms with Gasteiger partial charge < -0.3 is 14.2 Å². The molecule has 9 rings (SSSR count). The Morgan fingerprint density at radius 2 is 1.69 bits per heavy atom. The average molecular weight is 823 g/mol. The number of aryl methyl sites for hydroxylation is 3. The maximum absolute atomic E-state index is 7.39. The Hall–Kier alpha value is -4.70. The van der Waals surface area contributed by atoms with Gasteiger partial charge in [0.15, 0.2) is 0 Å². The van der Waals surface area contributed by atoms with Crippen molar-refractivity contribution in [3.8, 4) is 0 Å². The zero-order valence-electron chi connectivity index (χ0n) is 40.3. The molecule has 0 saturated heterocycles. The highest BCUT2D eigenvalue weighted by Crippen LogP contribution is 2.58. The van der Waals surface area contributed by atoms with Crippen molar-refractivity contribution in [3.63, 3.8) is 0 Å². The second-order valence-corrected chi connectivity index (χ2v) is 22.7. The summed E-state index contributed by atoms with van der Waals surface area (Å²) >= 11 is 0. The fourth-order valence-corrected chi connectivity index (χ4v) is 11.4. The van der Waals surface area contributed by atoms with E-state index >= 15 is 0 Å². The summed E-state index contributed by atoms with van der Waals surface area (Å²) in [5.41, 5.74) is 21.9. The summed E-state index contributed by atoms with van der Waals surface area (Å²) in [6.45, 7) is 31.9. The first-order chi connectivity index (χ1) is 29.3. The fourth-order valence-electron chi connectivity index (χ4n) is 11.4. The van der Waals surface area contributed by atoms with Crippen LogP contribution in [0.25, 0.3) is 11.6 Å². The minimum atomic E-state index is -0.0273. The van der Waals surface area contributed by atoms with Crippen molar-refractivity contribution in [2.75, 3.05) is 16.3 Å². The molecule has 0 unspecified atom stereocenters. The molecule has 4 heteroatoms. The van der Waals surface area contributed by atoms with Crippen LogP contribution in [0.15, 0.2) is 123 Å². The van der Waals surface area contributed by atoms with Crippen molar-refractivity contribution in [2.24, 2.45) is 27.6 Å². The van der Waals surface area contributed by atoms with E-state index in [-0.39, 0.29) is 28.4 Å². The number of fused-ring (bicyclic) bond motifs is 6. The number of benzene rings is 2. The van der Waals surface area contributed by atoms with Crippen LogP contribution in [0, 0.1) is 41.4 Å². The molecule has 0 bridgehead atoms. The average Bonchev–Trinajstić information content (AvgIpc) is 3.41. The number of allylic oxidation sites excluding steroid dienone is 13. The molecular formula is C58H71BN2O. The van der Waals surface area contributed by atoms with Crippen LogP contribution in [-0.2, 0) is 6.42 Å². The molecule has 3 nitrogen and oxygen atoms in total. The second-order valence-electron chi connectivity index (χ2n) is 22.7. The van der Waals surface area contributed by atoms with E-state index in [2.05, 4.69) is 191 Å². The lowest BCUT2D eigenvalue weighted by Crippen LogP contribution is -2.58. The Labute approximate surface area is 374 Å². The molecule has 1 aromatic heterocycles. The Bertz CT molecular complexity index is 2590. The smallest absolute Gasteiger partial charge is 0.296 e. The van der Waals surface area contributed by atoms with Crippen LogP contribution in [0.2, 0.25) is 0 Å². The molecule has 0 radical (unpaired) electrons. The van der Waals surface area contributed by atoms with Crippen LogP contribution < -0.4 is 20.9 Å². The van der Waals surface area contributed by atoms with Gasteiger partial charge in [-0.05, 0) is 137 Å². The number of hydrogen-bond acceptors (Lipinski definition) is 3. The Kier molecular flexibility index (Phi) is 10.5. The molecule has 4 aliphatic carbocycles. The summed E-state index contributed by atoms with van der Waals surface area (Å²) in [7, 11) is 0. The van der Waals surface area contributed by atoms with E-state index < -0.39 is 0 Å². The molecule has 1 saturated carbocycles. The van der Waals surface area contributed by atoms with E-state index in [0.717, 1.165) is 50.1 Å². The first kappa shape index (κ1) is 42.6. The van der Waals surface area contributed by atoms with Crippen molar-refractivity contribution in [1.82, 2.24) is 0 Å². The van der Waals surface area contributed by atoms with E-state index in [1.165, 1.54) is 91.2 Å². The largest absolute Gasteiger partial charge is 0.472 e. The number of nitrogens with zero attached hydrogens (tertiary/aromatic N) is 2. The summed E-state index contributed by atoms with van der Waals surface area (Å²) in [5.74, 6) is 1.62. The number of anilines is 3. The van der Waals surface area contributed by atoms with Crippen molar-refractivity contribution >= 4 is 46.5 Å². The quantitative estimate of drug-likeness (QED) is 0.182. The summed E-state index contributed by atoms with van der Waals surface area (Å²) in [5, 5.41) is 0. The van der Waals surface area contributed by atoms with Gasteiger partial charge in [-0.1, -0.05) is 160 Å². The van der Waals surface area contributed by atoms with Gasteiger partial charge in [-0.25, -0.2) is 0 Å². The normalized spacial score (nSPS) is 21.7. The maximum Gasteiger partial charge on any atom is 0.296 e. The van der Waals surface area contributed by atoms with Crippen LogP contribution in [0.4, 0.5) is 17.1 Å². The maximum atomic E-state index is 7.39. The van der Waals surface area contributed by atoms with Gasteiger partial charge in [0.05, 0.1) is 11.3 Å². The first-order valence-corrected chi connectivity index (χ1v) is 23.8. The van der Waals surface area contributed by atoms with E-state index in [1.54, 1.807) is 5.57 Å². The summed E-state index contributed by atoms with van der Waals surface area (Å²) in [4.78, 5) is 5.36. The van der Waals surface area contributed by atoms with Crippen molar-refractivity contribution in [1.29, 1.82) is 0 Å². The van der Waals surface area contributed by atoms with Gasteiger partial charge in [-0.3, -0.25) is 0 Å². The van der Waals surface area contributed by atoms with Gasteiger partial charge >= 0.3 is 0 Å². The van der Waals surface area contributed by atoms with Gasteiger partial charge in [-0.15, -0.1) is 0 Å². The first-order valence-electron chi connectivity index (χ1n) is 23.8. The number of furan rings is 1. The zero-order chi connectivity index (χ0) is 44.1. The number of hydrogen-bond donors (Lipinski definition) is 0. The third kappa shape index (κ3) is 7.22.